The molecule has 0 heterocycles. The minimum Gasteiger partial charge on any atom is -0.468 e. The first-order chi connectivity index (χ1) is 7.06. The van der Waals surface area contributed by atoms with Crippen molar-refractivity contribution in [2.75, 3.05) is 40.5 Å². The summed E-state index contributed by atoms with van der Waals surface area (Å²) in [5, 5.41) is 0. The van der Waals surface area contributed by atoms with Gasteiger partial charge in [0.05, 0.1) is 20.3 Å². The van der Waals surface area contributed by atoms with E-state index in [9.17, 15) is 4.79 Å². The molecule has 0 aromatic rings. The van der Waals surface area contributed by atoms with Crippen molar-refractivity contribution in [2.45, 2.75) is 20.3 Å². The Bertz CT molecular complexity index is 171. The third kappa shape index (κ3) is 9.69. The SMILES string of the molecule is COC(=O)CN(C)CCOCCC(C)C. The summed E-state index contributed by atoms with van der Waals surface area (Å²) in [6.07, 6.45) is 1.08. The van der Waals surface area contributed by atoms with Crippen LogP contribution in [-0.4, -0.2) is 51.3 Å². The lowest BCUT2D eigenvalue weighted by atomic mass is 10.1. The Morgan fingerprint density at radius 3 is 2.53 bits per heavy atom. The van der Waals surface area contributed by atoms with E-state index in [1.165, 1.54) is 7.11 Å². The molecule has 0 radical (unpaired) electrons. The fraction of sp³-hybridized carbons (Fsp3) is 0.909. The largest absolute Gasteiger partial charge is 0.468 e. The van der Waals surface area contributed by atoms with Crippen LogP contribution in [0.1, 0.15) is 20.3 Å². The molecular weight excluding hydrogens is 194 g/mol. The van der Waals surface area contributed by atoms with Gasteiger partial charge >= 0.3 is 5.97 Å². The lowest BCUT2D eigenvalue weighted by molar-refractivity contribution is -0.141. The molecule has 4 heteroatoms. The van der Waals surface area contributed by atoms with Crippen LogP contribution in [0.3, 0.4) is 0 Å². The molecule has 0 aliphatic carbocycles. The summed E-state index contributed by atoms with van der Waals surface area (Å²) in [7, 11) is 3.28. The van der Waals surface area contributed by atoms with Crippen LogP contribution in [0.5, 0.6) is 0 Å². The molecule has 4 nitrogen and oxygen atoms in total. The molecular formula is C11H23NO3. The number of likely N-dealkylation sites (N-methyl/N-ethyl adjacent to an activating group) is 1. The van der Waals surface area contributed by atoms with E-state index in [1.807, 2.05) is 11.9 Å². The summed E-state index contributed by atoms with van der Waals surface area (Å²) < 4.78 is 9.99. The molecule has 15 heavy (non-hydrogen) atoms. The molecule has 0 aromatic heterocycles. The summed E-state index contributed by atoms with van der Waals surface area (Å²) in [6.45, 7) is 6.89. The maximum atomic E-state index is 10.9. The molecule has 0 atom stereocenters. The monoisotopic (exact) mass is 217 g/mol. The van der Waals surface area contributed by atoms with Gasteiger partial charge < -0.3 is 9.47 Å². The molecule has 0 spiro atoms. The number of esters is 1. The Labute approximate surface area is 92.5 Å². The van der Waals surface area contributed by atoms with Gasteiger partial charge in [-0.3, -0.25) is 9.69 Å². The number of ether oxygens (including phenoxy) is 2. The van der Waals surface area contributed by atoms with Gasteiger partial charge in [0.15, 0.2) is 0 Å². The number of nitrogens with zero attached hydrogens (tertiary/aromatic N) is 1. The maximum Gasteiger partial charge on any atom is 0.319 e. The number of carbonyl (C=O) groups is 1. The van der Waals surface area contributed by atoms with Crippen LogP contribution >= 0.6 is 0 Å². The Morgan fingerprint density at radius 2 is 2.00 bits per heavy atom. The second-order valence-electron chi connectivity index (χ2n) is 4.11. The zero-order valence-corrected chi connectivity index (χ0v) is 10.3. The fourth-order valence-corrected chi connectivity index (χ4v) is 1.01. The Kier molecular flexibility index (Phi) is 8.33. The van der Waals surface area contributed by atoms with Crippen molar-refractivity contribution in [3.05, 3.63) is 0 Å². The highest BCUT2D eigenvalue weighted by molar-refractivity contribution is 5.71. The van der Waals surface area contributed by atoms with Crippen LogP contribution < -0.4 is 0 Å². The quantitative estimate of drug-likeness (QED) is 0.451. The molecule has 0 saturated heterocycles. The Morgan fingerprint density at radius 1 is 1.33 bits per heavy atom. The predicted octanol–water partition coefficient (Wildman–Crippen LogP) is 1.15. The van der Waals surface area contributed by atoms with Gasteiger partial charge in [-0.2, -0.15) is 0 Å². The number of carbonyl (C=O) groups excluding carboxylic acids is 1. The average molecular weight is 217 g/mol. The van der Waals surface area contributed by atoms with Crippen LogP contribution in [0.4, 0.5) is 0 Å². The third-order valence-electron chi connectivity index (χ3n) is 2.08. The summed E-state index contributed by atoms with van der Waals surface area (Å²) in [6, 6.07) is 0. The van der Waals surface area contributed by atoms with Crippen LogP contribution in [-0.2, 0) is 14.3 Å². The van der Waals surface area contributed by atoms with Gasteiger partial charge in [-0.05, 0) is 19.4 Å². The lowest BCUT2D eigenvalue weighted by Crippen LogP contribution is -2.30. The maximum absolute atomic E-state index is 10.9. The van der Waals surface area contributed by atoms with E-state index in [1.54, 1.807) is 0 Å². The fourth-order valence-electron chi connectivity index (χ4n) is 1.01. The summed E-state index contributed by atoms with van der Waals surface area (Å²) in [5.41, 5.74) is 0. The third-order valence-corrected chi connectivity index (χ3v) is 2.08. The van der Waals surface area contributed by atoms with E-state index >= 15 is 0 Å². The number of hydrogen-bond acceptors (Lipinski definition) is 4. The van der Waals surface area contributed by atoms with Gasteiger partial charge in [0.25, 0.3) is 0 Å². The highest BCUT2D eigenvalue weighted by Gasteiger charge is 2.05. The van der Waals surface area contributed by atoms with Crippen molar-refractivity contribution in [2.24, 2.45) is 5.92 Å². The van der Waals surface area contributed by atoms with Crippen LogP contribution in [0.25, 0.3) is 0 Å². The van der Waals surface area contributed by atoms with Crippen LogP contribution in [0.2, 0.25) is 0 Å². The highest BCUT2D eigenvalue weighted by Crippen LogP contribution is 1.98. The Hall–Kier alpha value is -0.610. The highest BCUT2D eigenvalue weighted by atomic mass is 16.5. The first-order valence-electron chi connectivity index (χ1n) is 5.39. The van der Waals surface area contributed by atoms with Crippen molar-refractivity contribution in [3.63, 3.8) is 0 Å². The van der Waals surface area contributed by atoms with E-state index in [2.05, 4.69) is 18.6 Å². The van der Waals surface area contributed by atoms with Gasteiger partial charge in [-0.15, -0.1) is 0 Å². The first kappa shape index (κ1) is 14.4. The molecule has 0 amide bonds. The van der Waals surface area contributed by atoms with E-state index in [4.69, 9.17) is 4.74 Å². The minimum atomic E-state index is -0.209. The van der Waals surface area contributed by atoms with Gasteiger partial charge in [-0.1, -0.05) is 13.8 Å². The van der Waals surface area contributed by atoms with Crippen molar-refractivity contribution >= 4 is 5.97 Å². The van der Waals surface area contributed by atoms with Crippen LogP contribution in [0, 0.1) is 5.92 Å². The molecule has 0 aliphatic rings. The lowest BCUT2D eigenvalue weighted by Gasteiger charge is -2.15. The summed E-state index contributed by atoms with van der Waals surface area (Å²) in [4.78, 5) is 12.8. The zero-order valence-electron chi connectivity index (χ0n) is 10.3. The minimum absolute atomic E-state index is 0.209. The summed E-state index contributed by atoms with van der Waals surface area (Å²) >= 11 is 0. The first-order valence-corrected chi connectivity index (χ1v) is 5.39. The van der Waals surface area contributed by atoms with Gasteiger partial charge in [0, 0.05) is 13.2 Å². The zero-order chi connectivity index (χ0) is 11.7. The smallest absolute Gasteiger partial charge is 0.319 e. The van der Waals surface area contributed by atoms with E-state index in [-0.39, 0.29) is 5.97 Å². The van der Waals surface area contributed by atoms with Crippen LogP contribution in [0.15, 0.2) is 0 Å². The molecule has 90 valence electrons. The second kappa shape index (κ2) is 8.68. The molecule has 0 saturated carbocycles. The Balaban J connectivity index is 3.31. The van der Waals surface area contributed by atoms with Gasteiger partial charge in [0.2, 0.25) is 0 Å². The summed E-state index contributed by atoms with van der Waals surface area (Å²) in [5.74, 6) is 0.470. The second-order valence-corrected chi connectivity index (χ2v) is 4.11. The van der Waals surface area contributed by atoms with E-state index in [0.717, 1.165) is 19.6 Å². The molecule has 0 aromatic carbocycles. The van der Waals surface area contributed by atoms with Crippen molar-refractivity contribution in [1.82, 2.24) is 4.90 Å². The van der Waals surface area contributed by atoms with Crippen molar-refractivity contribution < 1.29 is 14.3 Å². The van der Waals surface area contributed by atoms with Gasteiger partial charge in [0.1, 0.15) is 0 Å². The number of hydrogen-bond donors (Lipinski definition) is 0. The molecule has 0 fully saturated rings. The molecule has 0 bridgehead atoms. The van der Waals surface area contributed by atoms with Gasteiger partial charge in [-0.25, -0.2) is 0 Å². The van der Waals surface area contributed by atoms with E-state index in [0.29, 0.717) is 19.1 Å². The normalized spacial score (nSPS) is 11.1. The molecule has 0 aliphatic heterocycles. The standard InChI is InChI=1S/C11H23NO3/c1-10(2)5-7-15-8-6-12(3)9-11(13)14-4/h10H,5-9H2,1-4H3. The van der Waals surface area contributed by atoms with Crippen molar-refractivity contribution in [3.8, 4) is 0 Å². The topological polar surface area (TPSA) is 38.8 Å². The number of rotatable bonds is 8. The van der Waals surface area contributed by atoms with E-state index < -0.39 is 0 Å². The molecule has 0 unspecified atom stereocenters. The molecule has 0 N–H and O–H groups in total. The average Bonchev–Trinajstić information content (AvgIpc) is 2.16. The number of methoxy groups -OCH3 is 1. The van der Waals surface area contributed by atoms with Crippen molar-refractivity contribution in [1.29, 1.82) is 0 Å². The predicted molar refractivity (Wildman–Crippen MR) is 59.8 cm³/mol. The molecule has 0 rings (SSSR count).